The molecule has 0 atom stereocenters. The third-order valence-corrected chi connectivity index (χ3v) is 6.07. The van der Waals surface area contributed by atoms with Gasteiger partial charge in [-0.3, -0.25) is 9.10 Å². The summed E-state index contributed by atoms with van der Waals surface area (Å²) >= 11 is 0. The Morgan fingerprint density at radius 3 is 2.44 bits per heavy atom. The second-order valence-corrected chi connectivity index (χ2v) is 7.60. The lowest BCUT2D eigenvalue weighted by Gasteiger charge is -2.31. The molecule has 1 aliphatic heterocycles. The van der Waals surface area contributed by atoms with Crippen LogP contribution in [0.3, 0.4) is 0 Å². The number of ether oxygens (including phenoxy) is 2. The van der Waals surface area contributed by atoms with Crippen molar-refractivity contribution in [3.63, 3.8) is 0 Å². The van der Waals surface area contributed by atoms with E-state index in [0.29, 0.717) is 22.7 Å². The predicted molar refractivity (Wildman–Crippen MR) is 94.2 cm³/mol. The van der Waals surface area contributed by atoms with Crippen LogP contribution in [0.15, 0.2) is 41.3 Å². The van der Waals surface area contributed by atoms with Gasteiger partial charge in [0.15, 0.2) is 17.3 Å². The molecule has 0 bridgehead atoms. The van der Waals surface area contributed by atoms with Crippen molar-refractivity contribution in [1.29, 1.82) is 0 Å². The molecule has 0 unspecified atom stereocenters. The normalized spacial score (nSPS) is 14.2. The number of aryl methyl sites for hydroxylation is 1. The number of methoxy groups -OCH3 is 2. The Kier molecular flexibility index (Phi) is 4.43. The number of ketones is 1. The molecule has 132 valence electrons. The van der Waals surface area contributed by atoms with Gasteiger partial charge in [0.05, 0.1) is 24.8 Å². The molecule has 7 heteroatoms. The number of sulfonamides is 1. The summed E-state index contributed by atoms with van der Waals surface area (Å²) in [5, 5.41) is 0. The number of nitrogens with zero attached hydrogens (tertiary/aromatic N) is 1. The summed E-state index contributed by atoms with van der Waals surface area (Å²) in [5.41, 5.74) is 1.64. The van der Waals surface area contributed by atoms with Gasteiger partial charge in [-0.05, 0) is 30.7 Å². The molecule has 0 aliphatic carbocycles. The van der Waals surface area contributed by atoms with Crippen LogP contribution in [-0.4, -0.2) is 35.0 Å². The van der Waals surface area contributed by atoms with Gasteiger partial charge in [-0.25, -0.2) is 8.42 Å². The number of anilines is 1. The Morgan fingerprint density at radius 2 is 1.76 bits per heavy atom. The number of carbonyl (C=O) groups excluding carboxylic acids is 1. The maximum Gasteiger partial charge on any atom is 0.264 e. The minimum atomic E-state index is -3.83. The molecule has 3 rings (SSSR count). The molecule has 0 radical (unpaired) electrons. The predicted octanol–water partition coefficient (Wildman–Crippen LogP) is 2.79. The minimum Gasteiger partial charge on any atom is -0.493 e. The maximum atomic E-state index is 13.2. The van der Waals surface area contributed by atoms with Crippen LogP contribution in [0.4, 0.5) is 5.69 Å². The van der Waals surface area contributed by atoms with Gasteiger partial charge in [-0.1, -0.05) is 12.1 Å². The molecule has 2 aromatic carbocycles. The first kappa shape index (κ1) is 17.3. The van der Waals surface area contributed by atoms with Crippen LogP contribution < -0.4 is 13.8 Å². The fraction of sp³-hybridized carbons (Fsp3) is 0.278. The monoisotopic (exact) mass is 361 g/mol. The van der Waals surface area contributed by atoms with Gasteiger partial charge in [-0.2, -0.15) is 0 Å². The van der Waals surface area contributed by atoms with Gasteiger partial charge in [0.1, 0.15) is 0 Å². The van der Waals surface area contributed by atoms with Crippen LogP contribution in [0.5, 0.6) is 11.5 Å². The highest BCUT2D eigenvalue weighted by molar-refractivity contribution is 7.92. The van der Waals surface area contributed by atoms with Crippen molar-refractivity contribution in [3.05, 3.63) is 47.5 Å². The van der Waals surface area contributed by atoms with Crippen LogP contribution in [-0.2, 0) is 10.0 Å². The van der Waals surface area contributed by atoms with E-state index in [1.54, 1.807) is 31.2 Å². The lowest BCUT2D eigenvalue weighted by Crippen LogP contribution is -2.38. The summed E-state index contributed by atoms with van der Waals surface area (Å²) in [7, 11) is -0.894. The highest BCUT2D eigenvalue weighted by Crippen LogP contribution is 2.36. The van der Waals surface area contributed by atoms with E-state index in [2.05, 4.69) is 0 Å². The molecule has 2 aromatic rings. The second kappa shape index (κ2) is 6.40. The summed E-state index contributed by atoms with van der Waals surface area (Å²) in [6.45, 7) is 1.92. The van der Waals surface area contributed by atoms with Crippen LogP contribution in [0.2, 0.25) is 0 Å². The van der Waals surface area contributed by atoms with Crippen LogP contribution >= 0.6 is 0 Å². The highest BCUT2D eigenvalue weighted by Gasteiger charge is 2.33. The fourth-order valence-corrected chi connectivity index (χ4v) is 4.57. The number of benzene rings is 2. The molecular formula is C18H19NO5S. The van der Waals surface area contributed by atoms with E-state index in [1.807, 2.05) is 0 Å². The molecule has 0 N–H and O–H groups in total. The quantitative estimate of drug-likeness (QED) is 0.837. The van der Waals surface area contributed by atoms with E-state index in [1.165, 1.54) is 30.7 Å². The molecule has 1 heterocycles. The molecule has 0 spiro atoms. The number of Topliss-reactive ketones (excluding diaryl/α,β-unsaturated/α-hetero) is 1. The topological polar surface area (TPSA) is 72.9 Å². The molecule has 0 fully saturated rings. The third kappa shape index (κ3) is 2.84. The van der Waals surface area contributed by atoms with Gasteiger partial charge in [0.25, 0.3) is 10.0 Å². The van der Waals surface area contributed by atoms with Crippen molar-refractivity contribution >= 4 is 21.5 Å². The Labute approximate surface area is 147 Å². The van der Waals surface area contributed by atoms with Gasteiger partial charge in [0, 0.05) is 24.6 Å². The molecule has 0 aromatic heterocycles. The average molecular weight is 361 g/mol. The molecular weight excluding hydrogens is 342 g/mol. The van der Waals surface area contributed by atoms with E-state index in [0.717, 1.165) is 5.56 Å². The van der Waals surface area contributed by atoms with Crippen LogP contribution in [0.1, 0.15) is 22.3 Å². The van der Waals surface area contributed by atoms with E-state index >= 15 is 0 Å². The SMILES string of the molecule is COc1ccc(S(=O)(=O)N2CCC(=O)c3cccc(C)c32)cc1OC. The molecule has 25 heavy (non-hydrogen) atoms. The number of hydrogen-bond acceptors (Lipinski definition) is 5. The van der Waals surface area contributed by atoms with Crippen molar-refractivity contribution in [3.8, 4) is 11.5 Å². The minimum absolute atomic E-state index is 0.0440. The van der Waals surface area contributed by atoms with E-state index in [4.69, 9.17) is 9.47 Å². The van der Waals surface area contributed by atoms with E-state index in [9.17, 15) is 13.2 Å². The first-order chi connectivity index (χ1) is 11.9. The summed E-state index contributed by atoms with van der Waals surface area (Å²) in [6, 6.07) is 9.70. The molecule has 0 saturated heterocycles. The lowest BCUT2D eigenvalue weighted by atomic mass is 9.99. The number of para-hydroxylation sites is 1. The Bertz CT molecular complexity index is 936. The summed E-state index contributed by atoms with van der Waals surface area (Å²) in [4.78, 5) is 12.3. The van der Waals surface area contributed by atoms with E-state index in [-0.39, 0.29) is 23.6 Å². The molecule has 6 nitrogen and oxygen atoms in total. The first-order valence-corrected chi connectivity index (χ1v) is 9.21. The van der Waals surface area contributed by atoms with Crippen molar-refractivity contribution in [2.24, 2.45) is 0 Å². The maximum absolute atomic E-state index is 13.2. The van der Waals surface area contributed by atoms with Gasteiger partial charge in [-0.15, -0.1) is 0 Å². The Morgan fingerprint density at radius 1 is 1.04 bits per heavy atom. The average Bonchev–Trinajstić information content (AvgIpc) is 2.61. The number of rotatable bonds is 4. The van der Waals surface area contributed by atoms with Gasteiger partial charge in [0.2, 0.25) is 0 Å². The van der Waals surface area contributed by atoms with E-state index < -0.39 is 10.0 Å². The summed E-state index contributed by atoms with van der Waals surface area (Å²) < 4.78 is 38.1. The Balaban J connectivity index is 2.14. The molecule has 0 amide bonds. The van der Waals surface area contributed by atoms with Gasteiger partial charge < -0.3 is 9.47 Å². The highest BCUT2D eigenvalue weighted by atomic mass is 32.2. The van der Waals surface area contributed by atoms with Crippen molar-refractivity contribution in [1.82, 2.24) is 0 Å². The van der Waals surface area contributed by atoms with Gasteiger partial charge >= 0.3 is 0 Å². The van der Waals surface area contributed by atoms with Crippen LogP contribution in [0, 0.1) is 6.92 Å². The number of hydrogen-bond donors (Lipinski definition) is 0. The molecule has 1 aliphatic rings. The number of fused-ring (bicyclic) bond motifs is 1. The first-order valence-electron chi connectivity index (χ1n) is 7.77. The second-order valence-electron chi connectivity index (χ2n) is 5.74. The zero-order valence-electron chi connectivity index (χ0n) is 14.3. The zero-order chi connectivity index (χ0) is 18.2. The summed E-state index contributed by atoms with van der Waals surface area (Å²) in [6.07, 6.45) is 0.156. The zero-order valence-corrected chi connectivity index (χ0v) is 15.1. The third-order valence-electron chi connectivity index (χ3n) is 4.27. The molecule has 0 saturated carbocycles. The van der Waals surface area contributed by atoms with Crippen molar-refractivity contribution in [2.75, 3.05) is 25.1 Å². The van der Waals surface area contributed by atoms with Crippen molar-refractivity contribution < 1.29 is 22.7 Å². The Hall–Kier alpha value is -2.54. The largest absolute Gasteiger partial charge is 0.493 e. The standard InChI is InChI=1S/C18H19NO5S/c1-12-5-4-6-14-15(20)9-10-19(18(12)14)25(21,22)13-7-8-16(23-2)17(11-13)24-3/h4-8,11H,9-10H2,1-3H3. The van der Waals surface area contributed by atoms with Crippen LogP contribution in [0.25, 0.3) is 0 Å². The van der Waals surface area contributed by atoms with Crippen molar-refractivity contribution in [2.45, 2.75) is 18.2 Å². The fourth-order valence-electron chi connectivity index (χ4n) is 3.01. The summed E-state index contributed by atoms with van der Waals surface area (Å²) in [5.74, 6) is 0.742. The number of carbonyl (C=O) groups is 1. The lowest BCUT2D eigenvalue weighted by molar-refractivity contribution is 0.0982. The smallest absolute Gasteiger partial charge is 0.264 e.